The second-order valence-electron chi connectivity index (χ2n) is 11.2. The number of nitrogens with zero attached hydrogens (tertiary/aromatic N) is 4. The Hall–Kier alpha value is -2.27. The van der Waals surface area contributed by atoms with Crippen LogP contribution in [0, 0.1) is 6.92 Å². The number of halogens is 2. The van der Waals surface area contributed by atoms with Crippen LogP contribution in [0.3, 0.4) is 0 Å². The van der Waals surface area contributed by atoms with Gasteiger partial charge < -0.3 is 24.5 Å². The highest BCUT2D eigenvalue weighted by Gasteiger charge is 2.29. The molecule has 2 aliphatic rings. The van der Waals surface area contributed by atoms with Crippen molar-refractivity contribution in [2.45, 2.75) is 77.9 Å². The number of aliphatic hydroxyl groups is 1. The summed E-state index contributed by atoms with van der Waals surface area (Å²) in [4.78, 5) is 25.1. The molecule has 0 saturated carbocycles. The fourth-order valence-corrected chi connectivity index (χ4v) is 6.32. The van der Waals surface area contributed by atoms with Crippen molar-refractivity contribution >= 4 is 40.1 Å². The molecule has 4 atom stereocenters. The molecule has 216 valence electrons. The van der Waals surface area contributed by atoms with Gasteiger partial charge in [0.25, 0.3) is 0 Å². The van der Waals surface area contributed by atoms with Crippen LogP contribution in [0.25, 0.3) is 22.2 Å². The van der Waals surface area contributed by atoms with Crippen molar-refractivity contribution in [1.82, 2.24) is 19.4 Å². The number of hydrogen-bond donors (Lipinski definition) is 2. The molecule has 4 heterocycles. The molecule has 2 saturated heterocycles. The zero-order valence-corrected chi connectivity index (χ0v) is 25.1. The van der Waals surface area contributed by atoms with Crippen LogP contribution in [0.2, 0.25) is 10.0 Å². The Morgan fingerprint density at radius 2 is 1.88 bits per heavy atom. The average Bonchev–Trinajstić information content (AvgIpc) is 2.91. The molecule has 40 heavy (non-hydrogen) atoms. The van der Waals surface area contributed by atoms with Gasteiger partial charge in [0.1, 0.15) is 0 Å². The summed E-state index contributed by atoms with van der Waals surface area (Å²) in [7, 11) is 0. The number of hydrogen-bond acceptors (Lipinski definition) is 8. The van der Waals surface area contributed by atoms with E-state index in [1.807, 2.05) is 13.0 Å². The molecule has 0 unspecified atom stereocenters. The first kappa shape index (κ1) is 29.2. The molecular formula is C29H37Cl2N5O4. The topological polar surface area (TPSA) is 102 Å². The van der Waals surface area contributed by atoms with E-state index in [-0.39, 0.29) is 36.2 Å². The van der Waals surface area contributed by atoms with Crippen LogP contribution in [0.1, 0.15) is 51.4 Å². The molecule has 0 aliphatic carbocycles. The van der Waals surface area contributed by atoms with E-state index >= 15 is 0 Å². The normalized spacial score (nSPS) is 24.1. The standard InChI is InChI=1S/C29H37Cl2N5O4/c1-15(2)36-23(11-35-16(3)12-40-13-17(35)4)18(5)28(38)20-7-6-19(25(31)27(20)36)26-21(30)10-32-29(34-26)33-22-8-9-39-14-24(22)37/h6-7,10,15-17,22,24,37H,8-9,11-14H2,1-5H3,(H,32,33,34)/t16-,17+,22-,24-/m1/s1. The van der Waals surface area contributed by atoms with Gasteiger partial charge in [-0.2, -0.15) is 0 Å². The third-order valence-electron chi connectivity index (χ3n) is 8.01. The van der Waals surface area contributed by atoms with Crippen LogP contribution in [-0.4, -0.2) is 75.2 Å². The summed E-state index contributed by atoms with van der Waals surface area (Å²) >= 11 is 13.8. The predicted molar refractivity (Wildman–Crippen MR) is 159 cm³/mol. The molecule has 0 amide bonds. The van der Waals surface area contributed by atoms with Crippen LogP contribution in [0.5, 0.6) is 0 Å². The fraction of sp³-hybridized carbons (Fsp3) is 0.552. The minimum Gasteiger partial charge on any atom is -0.389 e. The van der Waals surface area contributed by atoms with E-state index in [0.29, 0.717) is 70.9 Å². The number of fused-ring (bicyclic) bond motifs is 1. The van der Waals surface area contributed by atoms with E-state index in [1.54, 1.807) is 6.07 Å². The van der Waals surface area contributed by atoms with Crippen molar-refractivity contribution in [3.8, 4) is 11.3 Å². The summed E-state index contributed by atoms with van der Waals surface area (Å²) in [5, 5.41) is 14.8. The minimum atomic E-state index is -0.667. The van der Waals surface area contributed by atoms with Gasteiger partial charge in [-0.15, -0.1) is 0 Å². The van der Waals surface area contributed by atoms with Crippen LogP contribution in [0.4, 0.5) is 5.95 Å². The van der Waals surface area contributed by atoms with Crippen molar-refractivity contribution in [2.24, 2.45) is 0 Å². The Bertz CT molecular complexity index is 1450. The van der Waals surface area contributed by atoms with Crippen molar-refractivity contribution in [3.05, 3.63) is 49.9 Å². The van der Waals surface area contributed by atoms with E-state index < -0.39 is 6.10 Å². The summed E-state index contributed by atoms with van der Waals surface area (Å²) in [6, 6.07) is 3.83. The molecule has 2 N–H and O–H groups in total. The highest BCUT2D eigenvalue weighted by Crippen LogP contribution is 2.38. The summed E-state index contributed by atoms with van der Waals surface area (Å²) < 4.78 is 13.3. The molecule has 2 aliphatic heterocycles. The molecule has 9 nitrogen and oxygen atoms in total. The Morgan fingerprint density at radius 1 is 1.15 bits per heavy atom. The number of morpholine rings is 1. The van der Waals surface area contributed by atoms with Crippen molar-refractivity contribution in [1.29, 1.82) is 0 Å². The average molecular weight is 591 g/mol. The van der Waals surface area contributed by atoms with Gasteiger partial charge in [-0.05, 0) is 47.1 Å². The largest absolute Gasteiger partial charge is 0.389 e. The maximum atomic E-state index is 13.7. The maximum absolute atomic E-state index is 13.7. The van der Waals surface area contributed by atoms with Gasteiger partial charge in [0.2, 0.25) is 5.95 Å². The number of rotatable bonds is 6. The van der Waals surface area contributed by atoms with Crippen LogP contribution < -0.4 is 10.7 Å². The van der Waals surface area contributed by atoms with Crippen LogP contribution in [0.15, 0.2) is 23.1 Å². The van der Waals surface area contributed by atoms with Crippen LogP contribution in [-0.2, 0) is 16.0 Å². The van der Waals surface area contributed by atoms with Crippen molar-refractivity contribution < 1.29 is 14.6 Å². The first-order valence-corrected chi connectivity index (χ1v) is 14.6. The lowest BCUT2D eigenvalue weighted by Crippen LogP contribution is -2.49. The molecule has 0 radical (unpaired) electrons. The Balaban J connectivity index is 1.64. The number of aliphatic hydroxyl groups excluding tert-OH is 1. The lowest BCUT2D eigenvalue weighted by atomic mass is 10.0. The van der Waals surface area contributed by atoms with Gasteiger partial charge >= 0.3 is 0 Å². The van der Waals surface area contributed by atoms with Crippen molar-refractivity contribution in [2.75, 3.05) is 31.7 Å². The summed E-state index contributed by atoms with van der Waals surface area (Å²) in [5.74, 6) is 0.336. The number of aromatic nitrogens is 3. The van der Waals surface area contributed by atoms with Gasteiger partial charge in [0, 0.05) is 53.5 Å². The predicted octanol–water partition coefficient (Wildman–Crippen LogP) is 4.83. The van der Waals surface area contributed by atoms with Gasteiger partial charge in [-0.1, -0.05) is 29.3 Å². The molecule has 3 aromatic rings. The molecule has 1 aromatic carbocycles. The third-order valence-corrected chi connectivity index (χ3v) is 8.66. The molecule has 5 rings (SSSR count). The molecule has 0 spiro atoms. The summed E-state index contributed by atoms with van der Waals surface area (Å²) in [5.41, 5.74) is 3.35. The van der Waals surface area contributed by atoms with E-state index in [4.69, 9.17) is 32.7 Å². The number of nitrogens with one attached hydrogen (secondary N) is 1. The van der Waals surface area contributed by atoms with Gasteiger partial charge in [-0.25, -0.2) is 9.97 Å². The fourth-order valence-electron chi connectivity index (χ4n) is 5.78. The van der Waals surface area contributed by atoms with E-state index in [2.05, 4.69) is 52.4 Å². The quantitative estimate of drug-likeness (QED) is 0.421. The third kappa shape index (κ3) is 5.47. The smallest absolute Gasteiger partial charge is 0.223 e. The number of benzene rings is 1. The Labute approximate surface area is 244 Å². The Kier molecular flexibility index (Phi) is 8.71. The zero-order valence-electron chi connectivity index (χ0n) is 23.6. The Morgan fingerprint density at radius 3 is 2.55 bits per heavy atom. The van der Waals surface area contributed by atoms with Gasteiger partial charge in [-0.3, -0.25) is 9.69 Å². The first-order valence-electron chi connectivity index (χ1n) is 13.8. The van der Waals surface area contributed by atoms with Crippen molar-refractivity contribution in [3.63, 3.8) is 0 Å². The summed E-state index contributed by atoms with van der Waals surface area (Å²) in [6.45, 7) is 13.1. The lowest BCUT2D eigenvalue weighted by molar-refractivity contribution is -0.0420. The van der Waals surface area contributed by atoms with E-state index in [0.717, 1.165) is 11.3 Å². The monoisotopic (exact) mass is 589 g/mol. The second kappa shape index (κ2) is 11.9. The number of anilines is 1. The lowest BCUT2D eigenvalue weighted by Gasteiger charge is -2.40. The highest BCUT2D eigenvalue weighted by atomic mass is 35.5. The molecule has 2 fully saturated rings. The SMILES string of the molecule is Cc1c(CN2[C@H](C)COC[C@@H]2C)n(C(C)C)c2c(Cl)c(-c3nc(N[C@@H]4CCOC[C@H]4O)ncc3Cl)ccc2c1=O. The van der Waals surface area contributed by atoms with E-state index in [9.17, 15) is 9.90 Å². The van der Waals surface area contributed by atoms with Gasteiger partial charge in [0.05, 0.1) is 59.4 Å². The maximum Gasteiger partial charge on any atom is 0.223 e. The minimum absolute atomic E-state index is 0.0318. The molecular weight excluding hydrogens is 553 g/mol. The number of pyridine rings is 1. The second-order valence-corrected chi connectivity index (χ2v) is 12.0. The molecule has 11 heteroatoms. The summed E-state index contributed by atoms with van der Waals surface area (Å²) in [6.07, 6.45) is 1.48. The zero-order chi connectivity index (χ0) is 28.7. The van der Waals surface area contributed by atoms with Crippen LogP contribution >= 0.6 is 23.2 Å². The van der Waals surface area contributed by atoms with E-state index in [1.165, 1.54) is 6.20 Å². The molecule has 2 aromatic heterocycles. The first-order chi connectivity index (χ1) is 19.1. The number of ether oxygens (including phenoxy) is 2. The van der Waals surface area contributed by atoms with Gasteiger partial charge in [0.15, 0.2) is 5.43 Å². The highest BCUT2D eigenvalue weighted by molar-refractivity contribution is 6.39. The molecule has 0 bridgehead atoms.